The lowest BCUT2D eigenvalue weighted by Crippen LogP contribution is -2.44. The monoisotopic (exact) mass is 286 g/mol. The van der Waals surface area contributed by atoms with Crippen LogP contribution in [0.5, 0.6) is 0 Å². The smallest absolute Gasteiger partial charge is 0.227 e. The van der Waals surface area contributed by atoms with Crippen LogP contribution in [-0.2, 0) is 11.2 Å². The summed E-state index contributed by atoms with van der Waals surface area (Å²) in [5, 5.41) is 3.42. The molecule has 2 fully saturated rings. The van der Waals surface area contributed by atoms with Crippen LogP contribution in [0.15, 0.2) is 24.3 Å². The summed E-state index contributed by atoms with van der Waals surface area (Å²) in [5.41, 5.74) is 2.38. The van der Waals surface area contributed by atoms with E-state index in [4.69, 9.17) is 0 Å². The fraction of sp³-hybridized carbons (Fsp3) is 0.611. The highest BCUT2D eigenvalue weighted by Gasteiger charge is 2.34. The van der Waals surface area contributed by atoms with Crippen molar-refractivity contribution >= 4 is 5.91 Å². The molecule has 0 aromatic heterocycles. The Balaban J connectivity index is 1.65. The molecule has 1 aromatic carbocycles. The third-order valence-corrected chi connectivity index (χ3v) is 4.99. The quantitative estimate of drug-likeness (QED) is 0.926. The molecule has 3 nitrogen and oxygen atoms in total. The average molecular weight is 286 g/mol. The van der Waals surface area contributed by atoms with Gasteiger partial charge in [0, 0.05) is 12.6 Å². The van der Waals surface area contributed by atoms with Crippen LogP contribution in [0.3, 0.4) is 0 Å². The Labute approximate surface area is 127 Å². The Kier molecular flexibility index (Phi) is 4.59. The molecular formula is C18H26N2O. The molecule has 1 N–H and O–H groups in total. The summed E-state index contributed by atoms with van der Waals surface area (Å²) in [4.78, 5) is 14.9. The topological polar surface area (TPSA) is 32.3 Å². The molecule has 2 aliphatic heterocycles. The van der Waals surface area contributed by atoms with Crippen molar-refractivity contribution in [3.63, 3.8) is 0 Å². The number of nitrogens with one attached hydrogen (secondary N) is 1. The van der Waals surface area contributed by atoms with Crippen molar-refractivity contribution in [3.8, 4) is 0 Å². The molecule has 2 aliphatic rings. The number of amides is 1. The number of nitrogens with zero attached hydrogens (tertiary/aromatic N) is 1. The summed E-state index contributed by atoms with van der Waals surface area (Å²) in [6.07, 6.45) is 5.37. The van der Waals surface area contributed by atoms with E-state index in [1.54, 1.807) is 0 Å². The van der Waals surface area contributed by atoms with E-state index >= 15 is 0 Å². The van der Waals surface area contributed by atoms with E-state index in [2.05, 4.69) is 35.3 Å². The van der Waals surface area contributed by atoms with Gasteiger partial charge in [0.05, 0.1) is 6.42 Å². The van der Waals surface area contributed by atoms with E-state index in [0.29, 0.717) is 24.3 Å². The van der Waals surface area contributed by atoms with Crippen molar-refractivity contribution in [2.24, 2.45) is 5.92 Å². The first-order valence-corrected chi connectivity index (χ1v) is 8.30. The number of carbonyl (C=O) groups is 1. The first kappa shape index (κ1) is 14.6. The lowest BCUT2D eigenvalue weighted by Gasteiger charge is -2.34. The van der Waals surface area contributed by atoms with Crippen LogP contribution in [0.1, 0.15) is 36.8 Å². The fourth-order valence-corrected chi connectivity index (χ4v) is 3.92. The highest BCUT2D eigenvalue weighted by atomic mass is 16.2. The van der Waals surface area contributed by atoms with Gasteiger partial charge in [0.25, 0.3) is 0 Å². The van der Waals surface area contributed by atoms with Crippen LogP contribution >= 0.6 is 0 Å². The van der Waals surface area contributed by atoms with Crippen molar-refractivity contribution in [3.05, 3.63) is 35.4 Å². The largest absolute Gasteiger partial charge is 0.339 e. The van der Waals surface area contributed by atoms with Crippen molar-refractivity contribution in [1.29, 1.82) is 0 Å². The molecule has 0 radical (unpaired) electrons. The number of benzene rings is 1. The second-order valence-electron chi connectivity index (χ2n) is 6.55. The SMILES string of the molecule is Cc1cccc(CC(=O)N2CCCC2C2CCNCC2)c1. The molecule has 21 heavy (non-hydrogen) atoms. The number of rotatable bonds is 3. The summed E-state index contributed by atoms with van der Waals surface area (Å²) < 4.78 is 0. The zero-order valence-corrected chi connectivity index (χ0v) is 13.0. The van der Waals surface area contributed by atoms with Gasteiger partial charge >= 0.3 is 0 Å². The van der Waals surface area contributed by atoms with Gasteiger partial charge in [-0.1, -0.05) is 29.8 Å². The van der Waals surface area contributed by atoms with E-state index in [0.717, 1.165) is 25.2 Å². The summed E-state index contributed by atoms with van der Waals surface area (Å²) in [6, 6.07) is 8.83. The predicted octanol–water partition coefficient (Wildman–Crippen LogP) is 2.53. The minimum Gasteiger partial charge on any atom is -0.339 e. The Hall–Kier alpha value is -1.35. The van der Waals surface area contributed by atoms with Gasteiger partial charge in [-0.15, -0.1) is 0 Å². The second-order valence-corrected chi connectivity index (χ2v) is 6.55. The van der Waals surface area contributed by atoms with Gasteiger partial charge in [-0.3, -0.25) is 4.79 Å². The van der Waals surface area contributed by atoms with Crippen LogP contribution < -0.4 is 5.32 Å². The zero-order chi connectivity index (χ0) is 14.7. The Morgan fingerprint density at radius 3 is 2.86 bits per heavy atom. The van der Waals surface area contributed by atoms with Crippen LogP contribution in [0, 0.1) is 12.8 Å². The van der Waals surface area contributed by atoms with Crippen molar-refractivity contribution in [2.75, 3.05) is 19.6 Å². The molecule has 0 aliphatic carbocycles. The van der Waals surface area contributed by atoms with Crippen LogP contribution in [0.25, 0.3) is 0 Å². The van der Waals surface area contributed by atoms with Gasteiger partial charge in [-0.2, -0.15) is 0 Å². The Morgan fingerprint density at radius 1 is 1.29 bits per heavy atom. The Bertz CT molecular complexity index is 494. The van der Waals surface area contributed by atoms with Gasteiger partial charge in [0.1, 0.15) is 0 Å². The summed E-state index contributed by atoms with van der Waals surface area (Å²) in [6.45, 7) is 5.27. The maximum Gasteiger partial charge on any atom is 0.227 e. The zero-order valence-electron chi connectivity index (χ0n) is 13.0. The highest BCUT2D eigenvalue weighted by Crippen LogP contribution is 2.30. The predicted molar refractivity (Wildman–Crippen MR) is 85.2 cm³/mol. The van der Waals surface area contributed by atoms with Crippen LogP contribution in [0.4, 0.5) is 0 Å². The fourth-order valence-electron chi connectivity index (χ4n) is 3.92. The molecule has 114 valence electrons. The van der Waals surface area contributed by atoms with E-state index in [1.165, 1.54) is 31.2 Å². The molecule has 2 heterocycles. The second kappa shape index (κ2) is 6.61. The first-order chi connectivity index (χ1) is 10.2. The van der Waals surface area contributed by atoms with Gasteiger partial charge in [-0.05, 0) is 57.2 Å². The van der Waals surface area contributed by atoms with Gasteiger partial charge in [0.2, 0.25) is 5.91 Å². The van der Waals surface area contributed by atoms with Gasteiger partial charge in [0.15, 0.2) is 0 Å². The van der Waals surface area contributed by atoms with Crippen molar-refractivity contribution in [1.82, 2.24) is 10.2 Å². The number of aryl methyl sites for hydroxylation is 1. The van der Waals surface area contributed by atoms with Gasteiger partial charge in [-0.25, -0.2) is 0 Å². The molecule has 1 aromatic rings. The first-order valence-electron chi connectivity index (χ1n) is 8.30. The van der Waals surface area contributed by atoms with E-state index in [1.807, 2.05) is 6.07 Å². The molecule has 1 amide bonds. The Morgan fingerprint density at radius 2 is 2.10 bits per heavy atom. The molecule has 1 unspecified atom stereocenters. The van der Waals surface area contributed by atoms with E-state index in [-0.39, 0.29) is 0 Å². The maximum atomic E-state index is 12.7. The van der Waals surface area contributed by atoms with E-state index < -0.39 is 0 Å². The number of likely N-dealkylation sites (tertiary alicyclic amines) is 1. The van der Waals surface area contributed by atoms with Crippen LogP contribution in [-0.4, -0.2) is 36.5 Å². The van der Waals surface area contributed by atoms with Gasteiger partial charge < -0.3 is 10.2 Å². The number of hydrogen-bond donors (Lipinski definition) is 1. The maximum absolute atomic E-state index is 12.7. The molecule has 1 atom stereocenters. The molecular weight excluding hydrogens is 260 g/mol. The van der Waals surface area contributed by atoms with Crippen molar-refractivity contribution < 1.29 is 4.79 Å². The minimum absolute atomic E-state index is 0.321. The van der Waals surface area contributed by atoms with E-state index in [9.17, 15) is 4.79 Å². The molecule has 3 heteroatoms. The third kappa shape index (κ3) is 3.46. The lowest BCUT2D eigenvalue weighted by atomic mass is 9.88. The summed E-state index contributed by atoms with van der Waals surface area (Å²) in [7, 11) is 0. The number of carbonyl (C=O) groups excluding carboxylic acids is 1. The van der Waals surface area contributed by atoms with Crippen molar-refractivity contribution in [2.45, 2.75) is 45.1 Å². The molecule has 3 rings (SSSR count). The summed E-state index contributed by atoms with van der Waals surface area (Å²) in [5.74, 6) is 1.02. The minimum atomic E-state index is 0.321. The molecule has 0 saturated carbocycles. The highest BCUT2D eigenvalue weighted by molar-refractivity contribution is 5.79. The molecule has 0 bridgehead atoms. The standard InChI is InChI=1S/C18H26N2O/c1-14-4-2-5-15(12-14)13-18(21)20-11-3-6-17(20)16-7-9-19-10-8-16/h2,4-5,12,16-17,19H,3,6-11,13H2,1H3. The average Bonchev–Trinajstić information content (AvgIpc) is 2.98. The third-order valence-electron chi connectivity index (χ3n) is 4.99. The molecule has 0 spiro atoms. The molecule has 2 saturated heterocycles. The van der Waals surface area contributed by atoms with Crippen LogP contribution in [0.2, 0.25) is 0 Å². The lowest BCUT2D eigenvalue weighted by molar-refractivity contribution is -0.132. The number of piperidine rings is 1. The summed E-state index contributed by atoms with van der Waals surface area (Å²) >= 11 is 0. The normalized spacial score (nSPS) is 23.5. The number of hydrogen-bond acceptors (Lipinski definition) is 2.